The molecule has 1 aliphatic carbocycles. The number of carbonyl (C=O) groups is 1. The van der Waals surface area contributed by atoms with Gasteiger partial charge in [-0.1, -0.05) is 18.8 Å². The first-order valence-electron chi connectivity index (χ1n) is 6.67. The predicted molar refractivity (Wildman–Crippen MR) is 74.4 cm³/mol. The number of hydrogen-bond acceptors (Lipinski definition) is 3. The summed E-state index contributed by atoms with van der Waals surface area (Å²) in [7, 11) is 1.39. The lowest BCUT2D eigenvalue weighted by molar-refractivity contribution is -0.136. The van der Waals surface area contributed by atoms with E-state index in [1.165, 1.54) is 7.05 Å². The van der Waals surface area contributed by atoms with E-state index in [-0.39, 0.29) is 24.1 Å². The van der Waals surface area contributed by atoms with Gasteiger partial charge in [0.1, 0.15) is 11.5 Å². The van der Waals surface area contributed by atoms with Gasteiger partial charge in [0.2, 0.25) is 0 Å². The van der Waals surface area contributed by atoms with Crippen molar-refractivity contribution in [3.63, 3.8) is 0 Å². The highest BCUT2D eigenvalue weighted by molar-refractivity contribution is 6.04. The Morgan fingerprint density at radius 3 is 2.65 bits per heavy atom. The Bertz CT molecular complexity index is 504. The van der Waals surface area contributed by atoms with Crippen LogP contribution in [-0.2, 0) is 4.79 Å². The van der Waals surface area contributed by atoms with Crippen LogP contribution in [0.3, 0.4) is 0 Å². The molecule has 1 saturated carbocycles. The number of hydrogen-bond donors (Lipinski definition) is 2. The number of amides is 1. The number of terminal acetylenes is 1. The van der Waals surface area contributed by atoms with Gasteiger partial charge in [-0.3, -0.25) is 10.2 Å². The molecule has 0 aromatic rings. The summed E-state index contributed by atoms with van der Waals surface area (Å²) < 4.78 is 14.8. The van der Waals surface area contributed by atoms with Crippen LogP contribution in [0.25, 0.3) is 0 Å². The summed E-state index contributed by atoms with van der Waals surface area (Å²) in [5.74, 6) is 1.17. The van der Waals surface area contributed by atoms with E-state index in [2.05, 4.69) is 0 Å². The molecular formula is C14H19FN4O. The van der Waals surface area contributed by atoms with Crippen LogP contribution in [0.4, 0.5) is 4.39 Å². The molecule has 2 rings (SSSR count). The van der Waals surface area contributed by atoms with Gasteiger partial charge in [0.05, 0.1) is 6.54 Å². The third-order valence-corrected chi connectivity index (χ3v) is 4.08. The lowest BCUT2D eigenvalue weighted by Gasteiger charge is -2.31. The van der Waals surface area contributed by atoms with Gasteiger partial charge in [-0.05, 0) is 12.8 Å². The first-order valence-corrected chi connectivity index (χ1v) is 6.67. The Kier molecular flexibility index (Phi) is 3.71. The number of carbonyl (C=O) groups excluding carboxylic acids is 1. The molecule has 5 nitrogen and oxygen atoms in total. The molecule has 2 aliphatic rings. The standard InChI is InChI=1S/C14H19FN4O/c1-3-14(15)9-19(10-6-4-5-7-10)12(17)11(8-16)18(2)13(14)20/h1,8,10,17H,4-7,9,16H2,2H3/b11-8+,17-12?/t14-/m1/s1. The third-order valence-electron chi connectivity index (χ3n) is 4.08. The van der Waals surface area contributed by atoms with E-state index in [1.54, 1.807) is 4.90 Å². The molecule has 108 valence electrons. The van der Waals surface area contributed by atoms with Gasteiger partial charge in [-0.15, -0.1) is 6.42 Å². The van der Waals surface area contributed by atoms with Crippen LogP contribution in [-0.4, -0.2) is 46.8 Å². The third kappa shape index (κ3) is 2.13. The van der Waals surface area contributed by atoms with Gasteiger partial charge in [0.25, 0.3) is 11.6 Å². The molecular weight excluding hydrogens is 259 g/mol. The largest absolute Gasteiger partial charge is 0.403 e. The Morgan fingerprint density at radius 1 is 1.55 bits per heavy atom. The fourth-order valence-corrected chi connectivity index (χ4v) is 2.89. The number of halogens is 1. The van der Waals surface area contributed by atoms with E-state index < -0.39 is 11.6 Å². The van der Waals surface area contributed by atoms with Gasteiger partial charge in [-0.25, -0.2) is 4.39 Å². The fraction of sp³-hybridized carbons (Fsp3) is 0.571. The highest BCUT2D eigenvalue weighted by Crippen LogP contribution is 2.31. The van der Waals surface area contributed by atoms with Gasteiger partial charge in [0, 0.05) is 19.3 Å². The zero-order chi connectivity index (χ0) is 14.9. The number of amidine groups is 1. The second kappa shape index (κ2) is 5.16. The Hall–Kier alpha value is -2.03. The van der Waals surface area contributed by atoms with Gasteiger partial charge in [-0.2, -0.15) is 0 Å². The average molecular weight is 278 g/mol. The summed E-state index contributed by atoms with van der Waals surface area (Å²) >= 11 is 0. The van der Waals surface area contributed by atoms with Crippen molar-refractivity contribution in [1.29, 1.82) is 5.41 Å². The van der Waals surface area contributed by atoms with Crippen LogP contribution < -0.4 is 5.73 Å². The topological polar surface area (TPSA) is 73.4 Å². The number of likely N-dealkylation sites (N-methyl/N-ethyl adjacent to an activating group) is 1. The number of nitrogens with zero attached hydrogens (tertiary/aromatic N) is 2. The molecule has 6 heteroatoms. The number of rotatable bonds is 1. The van der Waals surface area contributed by atoms with E-state index >= 15 is 0 Å². The van der Waals surface area contributed by atoms with Crippen molar-refractivity contribution in [2.75, 3.05) is 13.6 Å². The minimum atomic E-state index is -2.42. The van der Waals surface area contributed by atoms with Crippen molar-refractivity contribution in [2.45, 2.75) is 37.4 Å². The summed E-state index contributed by atoms with van der Waals surface area (Å²) in [5, 5.41) is 8.23. The van der Waals surface area contributed by atoms with Crippen LogP contribution in [0.15, 0.2) is 11.9 Å². The normalized spacial score (nSPS) is 30.8. The molecule has 0 aromatic heterocycles. The molecule has 0 radical (unpaired) electrons. The molecule has 1 saturated heterocycles. The van der Waals surface area contributed by atoms with Gasteiger partial charge >= 0.3 is 0 Å². The quantitative estimate of drug-likeness (QED) is 0.697. The van der Waals surface area contributed by atoms with E-state index in [0.29, 0.717) is 0 Å². The summed E-state index contributed by atoms with van der Waals surface area (Å²) in [6, 6.07) is 0.0419. The molecule has 0 bridgehead atoms. The molecule has 0 aromatic carbocycles. The zero-order valence-electron chi connectivity index (χ0n) is 11.5. The van der Waals surface area contributed by atoms with Gasteiger partial charge in [0.15, 0.2) is 0 Å². The highest BCUT2D eigenvalue weighted by atomic mass is 19.1. The second-order valence-corrected chi connectivity index (χ2v) is 5.28. The van der Waals surface area contributed by atoms with Crippen LogP contribution in [0.5, 0.6) is 0 Å². The van der Waals surface area contributed by atoms with Crippen LogP contribution in [0.1, 0.15) is 25.7 Å². The molecule has 1 amide bonds. The van der Waals surface area contributed by atoms with Crippen LogP contribution in [0, 0.1) is 17.8 Å². The number of nitrogens with two attached hydrogens (primary N) is 1. The summed E-state index contributed by atoms with van der Waals surface area (Å²) in [6.45, 7) is -0.284. The zero-order valence-corrected chi connectivity index (χ0v) is 11.5. The predicted octanol–water partition coefficient (Wildman–Crippen LogP) is 0.822. The first kappa shape index (κ1) is 14.4. The molecule has 0 spiro atoms. The summed E-state index contributed by atoms with van der Waals surface area (Å²) in [5.41, 5.74) is 3.28. The van der Waals surface area contributed by atoms with Crippen molar-refractivity contribution in [3.05, 3.63) is 11.9 Å². The lowest BCUT2D eigenvalue weighted by atomic mass is 10.0. The van der Waals surface area contributed by atoms with Crippen LogP contribution >= 0.6 is 0 Å². The molecule has 1 heterocycles. The second-order valence-electron chi connectivity index (χ2n) is 5.28. The Morgan fingerprint density at radius 2 is 2.15 bits per heavy atom. The maximum absolute atomic E-state index is 14.8. The highest BCUT2D eigenvalue weighted by Gasteiger charge is 2.47. The Balaban J connectivity index is 2.44. The lowest BCUT2D eigenvalue weighted by Crippen LogP contribution is -2.48. The first-order chi connectivity index (χ1) is 9.44. The minimum absolute atomic E-state index is 0.0419. The summed E-state index contributed by atoms with van der Waals surface area (Å²) in [4.78, 5) is 14.8. The van der Waals surface area contributed by atoms with Crippen LogP contribution in [0.2, 0.25) is 0 Å². The van der Waals surface area contributed by atoms with Crippen molar-refractivity contribution in [1.82, 2.24) is 9.80 Å². The number of nitrogens with one attached hydrogen (secondary N) is 1. The smallest absolute Gasteiger partial charge is 0.279 e. The molecule has 20 heavy (non-hydrogen) atoms. The van der Waals surface area contributed by atoms with Gasteiger partial charge < -0.3 is 15.5 Å². The van der Waals surface area contributed by atoms with E-state index in [9.17, 15) is 9.18 Å². The maximum Gasteiger partial charge on any atom is 0.279 e. The van der Waals surface area contributed by atoms with Crippen molar-refractivity contribution >= 4 is 11.7 Å². The maximum atomic E-state index is 14.8. The summed E-state index contributed by atoms with van der Waals surface area (Å²) in [6.07, 6.45) is 10.2. The van der Waals surface area contributed by atoms with E-state index in [4.69, 9.17) is 17.6 Å². The van der Waals surface area contributed by atoms with Crippen molar-refractivity contribution in [3.8, 4) is 12.3 Å². The molecule has 2 fully saturated rings. The molecule has 1 atom stereocenters. The van der Waals surface area contributed by atoms with E-state index in [0.717, 1.165) is 36.8 Å². The minimum Gasteiger partial charge on any atom is -0.403 e. The molecule has 3 N–H and O–H groups in total. The molecule has 0 unspecified atom stereocenters. The molecule has 1 aliphatic heterocycles. The Labute approximate surface area is 118 Å². The van der Waals surface area contributed by atoms with Crippen molar-refractivity contribution in [2.24, 2.45) is 5.73 Å². The monoisotopic (exact) mass is 278 g/mol. The average Bonchev–Trinajstić information content (AvgIpc) is 2.95. The SMILES string of the molecule is C#C[C@@]1(F)CN(C2CCCC2)C(=N)/C(=C\N)N(C)C1=O. The number of alkyl halides is 1. The fourth-order valence-electron chi connectivity index (χ4n) is 2.89. The van der Waals surface area contributed by atoms with E-state index in [1.807, 2.05) is 5.92 Å². The van der Waals surface area contributed by atoms with Crippen molar-refractivity contribution < 1.29 is 9.18 Å².